The zero-order valence-corrected chi connectivity index (χ0v) is 10.7. The van der Waals surface area contributed by atoms with E-state index in [4.69, 9.17) is 46.4 Å². The van der Waals surface area contributed by atoms with Crippen molar-refractivity contribution in [1.82, 2.24) is 0 Å². The largest absolute Gasteiger partial charge is 0.289 e. The SMILES string of the molecule is C=CC(=O)c1c(C)c(Cl)c(Cl)c(Cl)c1Cl. The third kappa shape index (κ3) is 2.16. The smallest absolute Gasteiger partial charge is 0.187 e. The van der Waals surface area contributed by atoms with Gasteiger partial charge in [-0.2, -0.15) is 0 Å². The molecule has 0 fully saturated rings. The second-order valence-electron chi connectivity index (χ2n) is 2.82. The molecule has 15 heavy (non-hydrogen) atoms. The van der Waals surface area contributed by atoms with Crippen LogP contribution in [0, 0.1) is 6.92 Å². The quantitative estimate of drug-likeness (QED) is 0.324. The van der Waals surface area contributed by atoms with E-state index in [9.17, 15) is 4.79 Å². The first-order chi connectivity index (χ1) is 6.91. The van der Waals surface area contributed by atoms with Gasteiger partial charge in [-0.1, -0.05) is 53.0 Å². The molecule has 1 aromatic carbocycles. The highest BCUT2D eigenvalue weighted by molar-refractivity contribution is 6.53. The number of carbonyl (C=O) groups excluding carboxylic acids is 1. The number of allylic oxidation sites excluding steroid dienone is 1. The third-order valence-electron chi connectivity index (χ3n) is 1.93. The summed E-state index contributed by atoms with van der Waals surface area (Å²) in [5.41, 5.74) is 0.743. The van der Waals surface area contributed by atoms with Crippen LogP contribution in [-0.2, 0) is 0 Å². The van der Waals surface area contributed by atoms with Gasteiger partial charge in [0.2, 0.25) is 0 Å². The van der Waals surface area contributed by atoms with E-state index in [1.165, 1.54) is 0 Å². The molecule has 80 valence electrons. The van der Waals surface area contributed by atoms with Crippen molar-refractivity contribution < 1.29 is 4.79 Å². The van der Waals surface area contributed by atoms with E-state index in [-0.39, 0.29) is 31.4 Å². The van der Waals surface area contributed by atoms with Gasteiger partial charge in [0.1, 0.15) is 0 Å². The van der Waals surface area contributed by atoms with Crippen molar-refractivity contribution >= 4 is 52.2 Å². The monoisotopic (exact) mass is 282 g/mol. The van der Waals surface area contributed by atoms with E-state index in [0.29, 0.717) is 5.56 Å². The van der Waals surface area contributed by atoms with Crippen LogP contribution in [0.15, 0.2) is 12.7 Å². The molecule has 0 atom stereocenters. The maximum atomic E-state index is 11.5. The fraction of sp³-hybridized carbons (Fsp3) is 0.100. The number of carbonyl (C=O) groups is 1. The molecule has 5 heteroatoms. The van der Waals surface area contributed by atoms with E-state index in [1.807, 2.05) is 0 Å². The van der Waals surface area contributed by atoms with E-state index in [0.717, 1.165) is 6.08 Å². The number of rotatable bonds is 2. The lowest BCUT2D eigenvalue weighted by atomic mass is 10.0. The lowest BCUT2D eigenvalue weighted by Crippen LogP contribution is -2.01. The van der Waals surface area contributed by atoms with E-state index in [1.54, 1.807) is 6.92 Å². The van der Waals surface area contributed by atoms with Gasteiger partial charge in [0.25, 0.3) is 0 Å². The maximum absolute atomic E-state index is 11.5. The topological polar surface area (TPSA) is 17.1 Å². The van der Waals surface area contributed by atoms with Gasteiger partial charge in [-0.25, -0.2) is 0 Å². The summed E-state index contributed by atoms with van der Waals surface area (Å²) >= 11 is 23.5. The van der Waals surface area contributed by atoms with Crippen LogP contribution in [0.4, 0.5) is 0 Å². The van der Waals surface area contributed by atoms with Crippen LogP contribution in [-0.4, -0.2) is 5.78 Å². The minimum absolute atomic E-state index is 0.0825. The molecule has 0 saturated heterocycles. The summed E-state index contributed by atoms with van der Waals surface area (Å²) in [6, 6.07) is 0. The summed E-state index contributed by atoms with van der Waals surface area (Å²) in [5, 5.41) is 0.574. The normalized spacial score (nSPS) is 10.2. The molecule has 0 unspecified atom stereocenters. The van der Waals surface area contributed by atoms with Gasteiger partial charge in [0, 0.05) is 5.56 Å². The highest BCUT2D eigenvalue weighted by atomic mass is 35.5. The summed E-state index contributed by atoms with van der Waals surface area (Å²) in [6.07, 6.45) is 1.15. The highest BCUT2D eigenvalue weighted by Gasteiger charge is 2.20. The number of hydrogen-bond acceptors (Lipinski definition) is 1. The van der Waals surface area contributed by atoms with Crippen molar-refractivity contribution in [1.29, 1.82) is 0 Å². The van der Waals surface area contributed by atoms with Gasteiger partial charge in [0.05, 0.1) is 20.1 Å². The summed E-state index contributed by atoms with van der Waals surface area (Å²) in [7, 11) is 0. The molecule has 0 radical (unpaired) electrons. The molecule has 1 aromatic rings. The second-order valence-corrected chi connectivity index (χ2v) is 4.34. The van der Waals surface area contributed by atoms with Gasteiger partial charge in [-0.05, 0) is 18.6 Å². The Morgan fingerprint density at radius 2 is 1.53 bits per heavy atom. The Bertz CT molecular complexity index is 422. The predicted molar refractivity (Wildman–Crippen MR) is 65.7 cm³/mol. The minimum atomic E-state index is -0.335. The van der Waals surface area contributed by atoms with Crippen molar-refractivity contribution in [3.63, 3.8) is 0 Å². The van der Waals surface area contributed by atoms with Crippen molar-refractivity contribution in [2.75, 3.05) is 0 Å². The van der Waals surface area contributed by atoms with Crippen LogP contribution in [0.1, 0.15) is 15.9 Å². The molecule has 0 aromatic heterocycles. The zero-order chi connectivity index (χ0) is 11.7. The molecule has 0 heterocycles. The Morgan fingerprint density at radius 3 is 2.00 bits per heavy atom. The van der Waals surface area contributed by atoms with Crippen LogP contribution in [0.5, 0.6) is 0 Å². The second kappa shape index (κ2) is 4.75. The van der Waals surface area contributed by atoms with Gasteiger partial charge < -0.3 is 0 Å². The number of halogens is 4. The Labute approximate surface area is 108 Å². The van der Waals surface area contributed by atoms with Crippen molar-refractivity contribution in [2.45, 2.75) is 6.92 Å². The van der Waals surface area contributed by atoms with Gasteiger partial charge >= 0.3 is 0 Å². The number of ketones is 1. The first kappa shape index (κ1) is 12.9. The molecule has 0 N–H and O–H groups in total. The average molecular weight is 284 g/mol. The van der Waals surface area contributed by atoms with Crippen LogP contribution in [0.3, 0.4) is 0 Å². The third-order valence-corrected chi connectivity index (χ3v) is 3.83. The average Bonchev–Trinajstić information content (AvgIpc) is 2.23. The van der Waals surface area contributed by atoms with Crippen LogP contribution >= 0.6 is 46.4 Å². The Morgan fingerprint density at radius 1 is 1.07 bits per heavy atom. The minimum Gasteiger partial charge on any atom is -0.289 e. The van der Waals surface area contributed by atoms with E-state index < -0.39 is 0 Å². The molecule has 0 amide bonds. The zero-order valence-electron chi connectivity index (χ0n) is 7.70. The standard InChI is InChI=1S/C10H6Cl4O/c1-3-5(15)6-4(2)7(11)9(13)10(14)8(6)12/h3H,1H2,2H3. The summed E-state index contributed by atoms with van der Waals surface area (Å²) in [4.78, 5) is 11.5. The molecular weight excluding hydrogens is 278 g/mol. The first-order valence-electron chi connectivity index (χ1n) is 3.91. The summed E-state index contributed by atoms with van der Waals surface area (Å²) < 4.78 is 0. The lowest BCUT2D eigenvalue weighted by molar-refractivity contribution is 0.104. The maximum Gasteiger partial charge on any atom is 0.187 e. The Hall–Kier alpha value is -0.210. The first-order valence-corrected chi connectivity index (χ1v) is 5.42. The van der Waals surface area contributed by atoms with Crippen molar-refractivity contribution in [3.8, 4) is 0 Å². The van der Waals surface area contributed by atoms with Gasteiger partial charge in [-0.15, -0.1) is 0 Å². The molecule has 0 saturated carbocycles. The summed E-state index contributed by atoms with van der Waals surface area (Å²) in [6.45, 7) is 5.02. The molecule has 0 aliphatic heterocycles. The molecule has 0 spiro atoms. The fourth-order valence-electron chi connectivity index (χ4n) is 1.14. The molecule has 0 bridgehead atoms. The number of benzene rings is 1. The molecule has 0 aliphatic carbocycles. The highest BCUT2D eigenvalue weighted by Crippen LogP contribution is 2.41. The molecule has 0 aliphatic rings. The van der Waals surface area contributed by atoms with Crippen molar-refractivity contribution in [3.05, 3.63) is 43.9 Å². The Kier molecular flexibility index (Phi) is 4.07. The van der Waals surface area contributed by atoms with Crippen LogP contribution < -0.4 is 0 Å². The molecular formula is C10H6Cl4O. The van der Waals surface area contributed by atoms with Gasteiger partial charge in [0.15, 0.2) is 5.78 Å². The van der Waals surface area contributed by atoms with Crippen LogP contribution in [0.2, 0.25) is 20.1 Å². The summed E-state index contributed by atoms with van der Waals surface area (Å²) in [5.74, 6) is -0.335. The predicted octanol–water partition coefficient (Wildman–Crippen LogP) is 4.98. The van der Waals surface area contributed by atoms with E-state index >= 15 is 0 Å². The lowest BCUT2D eigenvalue weighted by Gasteiger charge is -2.11. The molecule has 1 nitrogen and oxygen atoms in total. The molecule has 1 rings (SSSR count). The van der Waals surface area contributed by atoms with E-state index in [2.05, 4.69) is 6.58 Å². The van der Waals surface area contributed by atoms with Gasteiger partial charge in [-0.3, -0.25) is 4.79 Å². The Balaban J connectivity index is 3.67. The fourth-order valence-corrected chi connectivity index (χ4v) is 2.18. The number of hydrogen-bond donors (Lipinski definition) is 0. The van der Waals surface area contributed by atoms with Crippen LogP contribution in [0.25, 0.3) is 0 Å². The van der Waals surface area contributed by atoms with Crippen molar-refractivity contribution in [2.24, 2.45) is 0 Å².